The number of hydrogen-bond acceptors (Lipinski definition) is 2. The van der Waals surface area contributed by atoms with Gasteiger partial charge in [-0.2, -0.15) is 4.57 Å². The predicted molar refractivity (Wildman–Crippen MR) is 71.4 cm³/mol. The van der Waals surface area contributed by atoms with Crippen LogP contribution >= 0.6 is 0 Å². The highest BCUT2D eigenvalue weighted by Crippen LogP contribution is 2.17. The molecule has 0 saturated carbocycles. The molecule has 0 fully saturated rings. The first-order valence-electron chi connectivity index (χ1n) is 6.45. The summed E-state index contributed by atoms with van der Waals surface area (Å²) in [5.41, 5.74) is 3.12. The summed E-state index contributed by atoms with van der Waals surface area (Å²) in [4.78, 5) is 11.1. The first-order valence-corrected chi connectivity index (χ1v) is 6.45. The van der Waals surface area contributed by atoms with Crippen LogP contribution in [0.15, 0.2) is 42.5 Å². The zero-order valence-corrected chi connectivity index (χ0v) is 11.2. The number of aromatic nitrogens is 1. The fourth-order valence-electron chi connectivity index (χ4n) is 2.29. The molecule has 0 aliphatic heterocycles. The quantitative estimate of drug-likeness (QED) is 0.781. The number of rotatable bonds is 4. The summed E-state index contributed by atoms with van der Waals surface area (Å²) in [5, 5.41) is 11.1. The van der Waals surface area contributed by atoms with Crippen LogP contribution in [0.4, 0.5) is 0 Å². The van der Waals surface area contributed by atoms with Gasteiger partial charge in [0.1, 0.15) is 6.54 Å². The van der Waals surface area contributed by atoms with Gasteiger partial charge in [0.2, 0.25) is 5.69 Å². The Morgan fingerprint density at radius 3 is 2.42 bits per heavy atom. The predicted octanol–water partition coefficient (Wildman–Crippen LogP) is 1.72. The minimum atomic E-state index is -1.12. The van der Waals surface area contributed by atoms with Crippen molar-refractivity contribution in [2.75, 3.05) is 0 Å². The van der Waals surface area contributed by atoms with Crippen LogP contribution < -0.4 is 9.67 Å². The lowest BCUT2D eigenvalue weighted by Crippen LogP contribution is -2.42. The molecule has 0 spiro atoms. The molecule has 3 heteroatoms. The molecule has 0 radical (unpaired) electrons. The van der Waals surface area contributed by atoms with Crippen molar-refractivity contribution in [1.29, 1.82) is 0 Å². The van der Waals surface area contributed by atoms with E-state index in [0.29, 0.717) is 0 Å². The number of carboxylic acids is 1. The summed E-state index contributed by atoms with van der Waals surface area (Å²) in [6.07, 6.45) is 0.946. The van der Waals surface area contributed by atoms with Crippen LogP contribution in [0, 0.1) is 6.92 Å². The van der Waals surface area contributed by atoms with E-state index in [9.17, 15) is 9.90 Å². The van der Waals surface area contributed by atoms with E-state index in [1.54, 1.807) is 6.07 Å². The molecule has 1 aromatic heterocycles. The standard InChI is InChI=1S/C16H17NO2/c1-3-11-17-12(2)14(16(18)19)9-10-15(17)13-7-5-4-6-8-13/h4-10H,3,11H2,1-2H3. The maximum absolute atomic E-state index is 11.1. The number of carboxylic acid groups (broad SMARTS) is 1. The molecule has 0 aliphatic rings. The molecular formula is C16H17NO2. The smallest absolute Gasteiger partial charge is 0.212 e. The molecule has 2 aromatic rings. The Morgan fingerprint density at radius 2 is 1.84 bits per heavy atom. The summed E-state index contributed by atoms with van der Waals surface area (Å²) < 4.78 is 2.04. The van der Waals surface area contributed by atoms with Crippen LogP contribution in [0.1, 0.15) is 29.4 Å². The van der Waals surface area contributed by atoms with Crippen molar-refractivity contribution >= 4 is 5.97 Å². The molecular weight excluding hydrogens is 238 g/mol. The Labute approximate surface area is 113 Å². The lowest BCUT2D eigenvalue weighted by molar-refractivity contribution is -0.692. The zero-order valence-electron chi connectivity index (χ0n) is 11.2. The van der Waals surface area contributed by atoms with Gasteiger partial charge in [0.25, 0.3) is 0 Å². The van der Waals surface area contributed by atoms with Crippen molar-refractivity contribution in [3.63, 3.8) is 0 Å². The highest BCUT2D eigenvalue weighted by molar-refractivity contribution is 5.86. The molecule has 0 bridgehead atoms. The molecule has 2 rings (SSSR count). The second-order valence-electron chi connectivity index (χ2n) is 4.52. The first kappa shape index (κ1) is 13.3. The summed E-state index contributed by atoms with van der Waals surface area (Å²) in [6, 6.07) is 13.5. The SMILES string of the molecule is CCC[n+]1c(-c2ccccc2)ccc(C(=O)[O-])c1C. The third-order valence-corrected chi connectivity index (χ3v) is 3.23. The average Bonchev–Trinajstić information content (AvgIpc) is 2.41. The van der Waals surface area contributed by atoms with Gasteiger partial charge in [-0.25, -0.2) is 0 Å². The van der Waals surface area contributed by atoms with Gasteiger partial charge in [0, 0.05) is 25.0 Å². The number of carbonyl (C=O) groups excluding carboxylic acids is 1. The van der Waals surface area contributed by atoms with Crippen molar-refractivity contribution < 1.29 is 14.5 Å². The molecule has 3 nitrogen and oxygen atoms in total. The monoisotopic (exact) mass is 255 g/mol. The molecule has 0 N–H and O–H groups in total. The molecule has 0 unspecified atom stereocenters. The largest absolute Gasteiger partial charge is 0.545 e. The van der Waals surface area contributed by atoms with Gasteiger partial charge < -0.3 is 9.90 Å². The van der Waals surface area contributed by atoms with E-state index in [2.05, 4.69) is 6.92 Å². The maximum atomic E-state index is 11.1. The zero-order chi connectivity index (χ0) is 13.8. The Balaban J connectivity index is 2.62. The van der Waals surface area contributed by atoms with Crippen LogP contribution in [0.2, 0.25) is 0 Å². The number of aromatic carboxylic acids is 1. The average molecular weight is 255 g/mol. The first-order chi connectivity index (χ1) is 9.15. The third kappa shape index (κ3) is 2.65. The van der Waals surface area contributed by atoms with Crippen LogP contribution in [0.3, 0.4) is 0 Å². The number of nitrogens with zero attached hydrogens (tertiary/aromatic N) is 1. The van der Waals surface area contributed by atoms with Gasteiger partial charge in [-0.05, 0) is 18.2 Å². The summed E-state index contributed by atoms with van der Waals surface area (Å²) in [7, 11) is 0. The fourth-order valence-corrected chi connectivity index (χ4v) is 2.29. The van der Waals surface area contributed by atoms with Crippen LogP contribution in [-0.4, -0.2) is 5.97 Å². The van der Waals surface area contributed by atoms with Crippen molar-refractivity contribution in [2.45, 2.75) is 26.8 Å². The summed E-state index contributed by atoms with van der Waals surface area (Å²) >= 11 is 0. The van der Waals surface area contributed by atoms with E-state index in [4.69, 9.17) is 0 Å². The van der Waals surface area contributed by atoms with E-state index in [-0.39, 0.29) is 5.56 Å². The van der Waals surface area contributed by atoms with Crippen LogP contribution in [0.5, 0.6) is 0 Å². The van der Waals surface area contributed by atoms with Crippen LogP contribution in [-0.2, 0) is 6.54 Å². The van der Waals surface area contributed by atoms with E-state index in [1.807, 2.05) is 47.9 Å². The van der Waals surface area contributed by atoms with Gasteiger partial charge in [0.15, 0.2) is 5.69 Å². The van der Waals surface area contributed by atoms with Crippen molar-refractivity contribution in [3.8, 4) is 11.3 Å². The lowest BCUT2D eigenvalue weighted by Gasteiger charge is -2.10. The van der Waals surface area contributed by atoms with E-state index >= 15 is 0 Å². The molecule has 0 aliphatic carbocycles. The van der Waals surface area contributed by atoms with E-state index in [0.717, 1.165) is 29.9 Å². The van der Waals surface area contributed by atoms with E-state index in [1.165, 1.54) is 0 Å². The number of hydrogen-bond donors (Lipinski definition) is 0. The molecule has 1 aromatic carbocycles. The second-order valence-corrected chi connectivity index (χ2v) is 4.52. The van der Waals surface area contributed by atoms with Gasteiger partial charge >= 0.3 is 0 Å². The molecule has 98 valence electrons. The lowest BCUT2D eigenvalue weighted by atomic mass is 10.1. The maximum Gasteiger partial charge on any atom is 0.212 e. The second kappa shape index (κ2) is 5.65. The molecule has 0 amide bonds. The molecule has 19 heavy (non-hydrogen) atoms. The highest BCUT2D eigenvalue weighted by atomic mass is 16.4. The third-order valence-electron chi connectivity index (χ3n) is 3.23. The summed E-state index contributed by atoms with van der Waals surface area (Å²) in [5.74, 6) is -1.12. The normalized spacial score (nSPS) is 10.4. The Hall–Kier alpha value is -2.16. The molecule has 0 atom stereocenters. The number of carbonyl (C=O) groups is 1. The van der Waals surface area contributed by atoms with Gasteiger partial charge in [-0.1, -0.05) is 25.1 Å². The topological polar surface area (TPSA) is 44.0 Å². The van der Waals surface area contributed by atoms with Crippen molar-refractivity contribution in [3.05, 3.63) is 53.7 Å². The van der Waals surface area contributed by atoms with E-state index < -0.39 is 5.97 Å². The van der Waals surface area contributed by atoms with Crippen LogP contribution in [0.25, 0.3) is 11.3 Å². The molecule has 0 saturated heterocycles. The Bertz CT molecular complexity index is 591. The Morgan fingerprint density at radius 1 is 1.16 bits per heavy atom. The van der Waals surface area contributed by atoms with Gasteiger partial charge in [-0.15, -0.1) is 0 Å². The van der Waals surface area contributed by atoms with Crippen molar-refractivity contribution in [1.82, 2.24) is 0 Å². The number of benzene rings is 1. The molecule has 1 heterocycles. The Kier molecular flexibility index (Phi) is 3.95. The number of pyridine rings is 1. The van der Waals surface area contributed by atoms with Gasteiger partial charge in [-0.3, -0.25) is 0 Å². The minimum Gasteiger partial charge on any atom is -0.545 e. The highest BCUT2D eigenvalue weighted by Gasteiger charge is 2.18. The fraction of sp³-hybridized carbons (Fsp3) is 0.250. The minimum absolute atomic E-state index is 0.258. The van der Waals surface area contributed by atoms with Crippen molar-refractivity contribution in [2.24, 2.45) is 0 Å². The summed E-state index contributed by atoms with van der Waals surface area (Å²) in [6.45, 7) is 4.69. The van der Waals surface area contributed by atoms with Gasteiger partial charge in [0.05, 0.1) is 11.5 Å².